The summed E-state index contributed by atoms with van der Waals surface area (Å²) >= 11 is 0. The number of rotatable bonds is 2. The quantitative estimate of drug-likeness (QED) is 0.622. The number of hydrogen-bond donors (Lipinski definition) is 0. The van der Waals surface area contributed by atoms with Crippen LogP contribution >= 0.6 is 0 Å². The van der Waals surface area contributed by atoms with Gasteiger partial charge in [-0.1, -0.05) is 36.4 Å². The minimum absolute atomic E-state index is 0.217. The second kappa shape index (κ2) is 4.99. The molecule has 0 amide bonds. The molecule has 0 atom stereocenters. The predicted octanol–water partition coefficient (Wildman–Crippen LogP) is 3.75. The molecule has 116 valence electrons. The number of halogens is 3. The van der Waals surface area contributed by atoms with Crippen LogP contribution in [0.1, 0.15) is 17.2 Å². The molecule has 1 heterocycles. The van der Waals surface area contributed by atoms with Crippen molar-refractivity contribution in [1.82, 2.24) is 0 Å². The first-order chi connectivity index (χ1) is 10.3. The highest BCUT2D eigenvalue weighted by atomic mass is 32.2. The van der Waals surface area contributed by atoms with Crippen LogP contribution in [-0.4, -0.2) is 13.9 Å². The minimum atomic E-state index is -5.74. The van der Waals surface area contributed by atoms with E-state index in [-0.39, 0.29) is 22.6 Å². The second-order valence-corrected chi connectivity index (χ2v) is 6.12. The lowest BCUT2D eigenvalue weighted by Crippen LogP contribution is -2.28. The zero-order chi connectivity index (χ0) is 16.0. The van der Waals surface area contributed by atoms with Crippen molar-refractivity contribution in [2.45, 2.75) is 11.6 Å². The number of para-hydroxylation sites is 2. The molecule has 8 heteroatoms. The zero-order valence-corrected chi connectivity index (χ0v) is 11.7. The summed E-state index contributed by atoms with van der Waals surface area (Å²) < 4.78 is 70.5. The molecule has 2 aromatic rings. The molecule has 0 fully saturated rings. The molecule has 1 aliphatic heterocycles. The van der Waals surface area contributed by atoms with E-state index >= 15 is 0 Å². The average Bonchev–Trinajstić information content (AvgIpc) is 2.45. The summed E-state index contributed by atoms with van der Waals surface area (Å²) in [6, 6.07) is 12.4. The summed E-state index contributed by atoms with van der Waals surface area (Å²) in [6.45, 7) is 0. The van der Waals surface area contributed by atoms with Crippen molar-refractivity contribution < 1.29 is 30.5 Å². The summed E-state index contributed by atoms with van der Waals surface area (Å²) in [5, 5.41) is 0. The van der Waals surface area contributed by atoms with Gasteiger partial charge in [-0.15, -0.1) is 0 Å². The zero-order valence-electron chi connectivity index (χ0n) is 10.9. The van der Waals surface area contributed by atoms with Gasteiger partial charge >= 0.3 is 15.6 Å². The molecule has 1 aliphatic rings. The molecule has 0 aromatic heterocycles. The molecule has 0 saturated carbocycles. The van der Waals surface area contributed by atoms with Gasteiger partial charge in [-0.3, -0.25) is 0 Å². The first-order valence-corrected chi connectivity index (χ1v) is 7.56. The highest BCUT2D eigenvalue weighted by Gasteiger charge is 2.49. The molecule has 22 heavy (non-hydrogen) atoms. The van der Waals surface area contributed by atoms with Gasteiger partial charge in [0.15, 0.2) is 0 Å². The fourth-order valence-electron chi connectivity index (χ4n) is 2.15. The van der Waals surface area contributed by atoms with E-state index in [2.05, 4.69) is 4.18 Å². The van der Waals surface area contributed by atoms with Crippen LogP contribution in [0.2, 0.25) is 0 Å². The Morgan fingerprint density at radius 1 is 0.909 bits per heavy atom. The van der Waals surface area contributed by atoms with Crippen molar-refractivity contribution in [1.29, 1.82) is 0 Å². The molecular weight excluding hydrogens is 321 g/mol. The van der Waals surface area contributed by atoms with E-state index in [0.717, 1.165) is 0 Å². The Morgan fingerprint density at radius 3 is 1.82 bits per heavy atom. The Balaban J connectivity index is 2.11. The van der Waals surface area contributed by atoms with Crippen molar-refractivity contribution in [2.24, 2.45) is 0 Å². The van der Waals surface area contributed by atoms with E-state index in [4.69, 9.17) is 4.74 Å². The number of fused-ring (bicyclic) bond motifs is 2. The lowest BCUT2D eigenvalue weighted by Gasteiger charge is -2.27. The monoisotopic (exact) mass is 330 g/mol. The summed E-state index contributed by atoms with van der Waals surface area (Å²) in [6.07, 6.45) is -1.41. The Hall–Kier alpha value is -2.06. The van der Waals surface area contributed by atoms with Crippen molar-refractivity contribution in [3.8, 4) is 11.5 Å². The summed E-state index contributed by atoms with van der Waals surface area (Å²) in [7, 11) is -5.74. The van der Waals surface area contributed by atoms with Crippen molar-refractivity contribution in [2.75, 3.05) is 0 Å². The van der Waals surface area contributed by atoms with Gasteiger partial charge in [0.25, 0.3) is 0 Å². The molecular formula is C14H9F3O4S. The Labute approximate surface area is 124 Å². The van der Waals surface area contributed by atoms with Crippen LogP contribution in [0.25, 0.3) is 0 Å². The van der Waals surface area contributed by atoms with Crippen LogP contribution in [0.3, 0.4) is 0 Å². The first kappa shape index (κ1) is 14.9. The highest BCUT2D eigenvalue weighted by Crippen LogP contribution is 2.46. The van der Waals surface area contributed by atoms with Crippen molar-refractivity contribution in [3.05, 3.63) is 59.7 Å². The molecule has 2 aromatic carbocycles. The number of ether oxygens (including phenoxy) is 1. The lowest BCUT2D eigenvalue weighted by molar-refractivity contribution is -0.0564. The number of alkyl halides is 3. The van der Waals surface area contributed by atoms with E-state index in [1.54, 1.807) is 24.3 Å². The summed E-state index contributed by atoms with van der Waals surface area (Å²) in [5.41, 5.74) is -5.06. The molecule has 0 aliphatic carbocycles. The SMILES string of the molecule is O=S(=O)(OC1c2ccccc2Oc2ccccc21)C(F)(F)F. The third kappa shape index (κ3) is 2.44. The van der Waals surface area contributed by atoms with E-state index in [0.29, 0.717) is 0 Å². The van der Waals surface area contributed by atoms with Crippen LogP contribution in [0, 0.1) is 0 Å². The standard InChI is InChI=1S/C14H9F3O4S/c15-14(16,17)22(18,19)21-13-9-5-1-3-7-11(9)20-12-8-4-2-6-10(12)13/h1-8,13H. The van der Waals surface area contributed by atoms with E-state index in [1.165, 1.54) is 24.3 Å². The topological polar surface area (TPSA) is 52.6 Å². The average molecular weight is 330 g/mol. The largest absolute Gasteiger partial charge is 0.523 e. The van der Waals surface area contributed by atoms with Gasteiger partial charge in [0.2, 0.25) is 0 Å². The molecule has 0 N–H and O–H groups in total. The molecule has 0 spiro atoms. The maximum absolute atomic E-state index is 12.6. The fraction of sp³-hybridized carbons (Fsp3) is 0.143. The van der Waals surface area contributed by atoms with Gasteiger partial charge in [-0.2, -0.15) is 21.6 Å². The van der Waals surface area contributed by atoms with E-state index in [9.17, 15) is 21.6 Å². The van der Waals surface area contributed by atoms with Crippen LogP contribution in [0.5, 0.6) is 11.5 Å². The van der Waals surface area contributed by atoms with Gasteiger partial charge in [-0.25, -0.2) is 4.18 Å². The van der Waals surface area contributed by atoms with Crippen molar-refractivity contribution in [3.63, 3.8) is 0 Å². The van der Waals surface area contributed by atoms with Gasteiger partial charge in [0.05, 0.1) is 0 Å². The van der Waals surface area contributed by atoms with Crippen molar-refractivity contribution >= 4 is 10.1 Å². The highest BCUT2D eigenvalue weighted by molar-refractivity contribution is 7.87. The molecule has 3 rings (SSSR count). The maximum atomic E-state index is 12.6. The normalized spacial score (nSPS) is 14.9. The Bertz CT molecular complexity index is 769. The van der Waals surface area contributed by atoms with Crippen LogP contribution in [0.15, 0.2) is 48.5 Å². The van der Waals surface area contributed by atoms with Gasteiger partial charge in [0.1, 0.15) is 17.6 Å². The van der Waals surface area contributed by atoms with Gasteiger partial charge in [-0.05, 0) is 12.1 Å². The summed E-state index contributed by atoms with van der Waals surface area (Å²) in [4.78, 5) is 0. The summed E-state index contributed by atoms with van der Waals surface area (Å²) in [5.74, 6) is 0.507. The van der Waals surface area contributed by atoms with Crippen LogP contribution in [-0.2, 0) is 14.3 Å². The molecule has 0 bridgehead atoms. The number of benzene rings is 2. The van der Waals surface area contributed by atoms with Gasteiger partial charge < -0.3 is 4.74 Å². The molecule has 0 unspecified atom stereocenters. The Kier molecular flexibility index (Phi) is 3.37. The molecule has 0 saturated heterocycles. The molecule has 0 radical (unpaired) electrons. The predicted molar refractivity (Wildman–Crippen MR) is 70.9 cm³/mol. The maximum Gasteiger partial charge on any atom is 0.523 e. The van der Waals surface area contributed by atoms with E-state index < -0.39 is 21.7 Å². The smallest absolute Gasteiger partial charge is 0.457 e. The lowest BCUT2D eigenvalue weighted by atomic mass is 9.97. The number of hydrogen-bond acceptors (Lipinski definition) is 4. The van der Waals surface area contributed by atoms with Gasteiger partial charge in [0, 0.05) is 11.1 Å². The third-order valence-electron chi connectivity index (χ3n) is 3.13. The van der Waals surface area contributed by atoms with Crippen LogP contribution < -0.4 is 4.74 Å². The molecule has 4 nitrogen and oxygen atoms in total. The third-order valence-corrected chi connectivity index (χ3v) is 4.14. The second-order valence-electron chi connectivity index (χ2n) is 4.55. The minimum Gasteiger partial charge on any atom is -0.457 e. The first-order valence-electron chi connectivity index (χ1n) is 6.15. The Morgan fingerprint density at radius 2 is 1.36 bits per heavy atom. The fourth-order valence-corrected chi connectivity index (χ4v) is 2.72. The van der Waals surface area contributed by atoms with Crippen LogP contribution in [0.4, 0.5) is 13.2 Å². The van der Waals surface area contributed by atoms with E-state index in [1.807, 2.05) is 0 Å².